The third-order valence-electron chi connectivity index (χ3n) is 2.98. The van der Waals surface area contributed by atoms with E-state index in [0.29, 0.717) is 26.8 Å². The van der Waals surface area contributed by atoms with Crippen molar-refractivity contribution in [1.82, 2.24) is 14.8 Å². The summed E-state index contributed by atoms with van der Waals surface area (Å²) in [6.45, 7) is 1.83. The molecule has 0 aliphatic carbocycles. The van der Waals surface area contributed by atoms with Crippen LogP contribution in [0.25, 0.3) is 0 Å². The molecule has 0 saturated carbocycles. The number of hydrogen-bond acceptors (Lipinski definition) is 6. The summed E-state index contributed by atoms with van der Waals surface area (Å²) < 4.78 is 12.2. The Kier molecular flexibility index (Phi) is 6.15. The molecule has 0 fully saturated rings. The third-order valence-corrected chi connectivity index (χ3v) is 4.52. The van der Waals surface area contributed by atoms with Gasteiger partial charge in [0.05, 0.1) is 17.9 Å². The van der Waals surface area contributed by atoms with Crippen LogP contribution in [0.4, 0.5) is 0 Å². The fraction of sp³-hybridized carbons (Fsp3) is 0.357. The Morgan fingerprint density at radius 1 is 1.39 bits per heavy atom. The topological polar surface area (TPSA) is 66.2 Å². The molecule has 0 saturated heterocycles. The number of thioether (sulfide) groups is 1. The minimum Gasteiger partial charge on any atom is -0.481 e. The molecule has 6 nitrogen and oxygen atoms in total. The number of benzene rings is 1. The maximum atomic E-state index is 11.2. The van der Waals surface area contributed by atoms with Gasteiger partial charge in [0.25, 0.3) is 0 Å². The van der Waals surface area contributed by atoms with Crippen LogP contribution < -0.4 is 4.74 Å². The van der Waals surface area contributed by atoms with E-state index in [4.69, 9.17) is 27.9 Å². The molecule has 2 aromatic rings. The zero-order valence-corrected chi connectivity index (χ0v) is 15.1. The van der Waals surface area contributed by atoms with Crippen molar-refractivity contribution < 1.29 is 14.3 Å². The summed E-state index contributed by atoms with van der Waals surface area (Å²) >= 11 is 13.3. The summed E-state index contributed by atoms with van der Waals surface area (Å²) in [5, 5.41) is 9.75. The highest BCUT2D eigenvalue weighted by Gasteiger charge is 2.19. The van der Waals surface area contributed by atoms with E-state index >= 15 is 0 Å². The molecule has 0 aliphatic rings. The Morgan fingerprint density at radius 3 is 2.83 bits per heavy atom. The molecule has 1 atom stereocenters. The van der Waals surface area contributed by atoms with Crippen molar-refractivity contribution in [1.29, 1.82) is 0 Å². The van der Waals surface area contributed by atoms with E-state index in [-0.39, 0.29) is 11.7 Å². The molecule has 124 valence electrons. The Hall–Kier alpha value is -1.44. The van der Waals surface area contributed by atoms with Crippen LogP contribution in [0.1, 0.15) is 18.9 Å². The van der Waals surface area contributed by atoms with E-state index in [0.717, 1.165) is 0 Å². The van der Waals surface area contributed by atoms with Crippen LogP contribution in [0.15, 0.2) is 23.4 Å². The summed E-state index contributed by atoms with van der Waals surface area (Å²) in [7, 11) is 3.14. The smallest absolute Gasteiger partial charge is 0.316 e. The van der Waals surface area contributed by atoms with Crippen LogP contribution in [0.5, 0.6) is 5.75 Å². The number of nitrogens with zero attached hydrogens (tertiary/aromatic N) is 3. The predicted molar refractivity (Wildman–Crippen MR) is 89.2 cm³/mol. The Bertz CT molecular complexity index is 709. The summed E-state index contributed by atoms with van der Waals surface area (Å²) in [5.74, 6) is 0.916. The molecule has 0 radical (unpaired) electrons. The predicted octanol–water partition coefficient (Wildman–Crippen LogP) is 3.53. The second-order valence-corrected chi connectivity index (χ2v) is 6.39. The average Bonchev–Trinajstić information content (AvgIpc) is 2.89. The summed E-state index contributed by atoms with van der Waals surface area (Å²) in [4.78, 5) is 11.2. The second-order valence-electron chi connectivity index (χ2n) is 4.60. The van der Waals surface area contributed by atoms with Crippen molar-refractivity contribution >= 4 is 40.9 Å². The molecule has 2 rings (SSSR count). The zero-order valence-electron chi connectivity index (χ0n) is 12.7. The molecule has 1 heterocycles. The van der Waals surface area contributed by atoms with Crippen LogP contribution in [0.3, 0.4) is 0 Å². The minimum atomic E-state index is -0.393. The number of hydrogen-bond donors (Lipinski definition) is 0. The normalized spacial score (nSPS) is 12.0. The number of esters is 1. The Balaban J connectivity index is 2.11. The van der Waals surface area contributed by atoms with Gasteiger partial charge in [-0.3, -0.25) is 4.79 Å². The molecule has 0 N–H and O–H groups in total. The number of halogens is 2. The fourth-order valence-corrected chi connectivity index (χ4v) is 2.87. The lowest BCUT2D eigenvalue weighted by molar-refractivity contribution is -0.137. The highest BCUT2D eigenvalue weighted by atomic mass is 35.5. The van der Waals surface area contributed by atoms with Gasteiger partial charge in [0.1, 0.15) is 5.75 Å². The molecule has 0 aliphatic heterocycles. The van der Waals surface area contributed by atoms with Gasteiger partial charge in [0.15, 0.2) is 17.1 Å². The molecule has 1 aromatic heterocycles. The van der Waals surface area contributed by atoms with Crippen LogP contribution in [-0.4, -0.2) is 33.6 Å². The monoisotopic (exact) mass is 375 g/mol. The van der Waals surface area contributed by atoms with E-state index in [1.807, 2.05) is 6.92 Å². The first-order chi connectivity index (χ1) is 10.9. The van der Waals surface area contributed by atoms with E-state index in [1.54, 1.807) is 29.8 Å². The molecule has 23 heavy (non-hydrogen) atoms. The van der Waals surface area contributed by atoms with Crippen molar-refractivity contribution in [2.45, 2.75) is 18.2 Å². The van der Waals surface area contributed by atoms with Gasteiger partial charge >= 0.3 is 5.97 Å². The lowest BCUT2D eigenvalue weighted by Crippen LogP contribution is -2.11. The standard InChI is InChI=1S/C14H15Cl2N3O3S/c1-8(22-11-6-9(15)4-5-10(11)16)13-17-18-14(19(13)2)23-7-12(20)21-3/h4-6,8H,7H2,1-3H3. The number of ether oxygens (including phenoxy) is 2. The number of rotatable bonds is 6. The molecule has 9 heteroatoms. The molecule has 1 aromatic carbocycles. The van der Waals surface area contributed by atoms with E-state index in [1.165, 1.54) is 18.9 Å². The Labute approximate surface area is 148 Å². The van der Waals surface area contributed by atoms with Gasteiger partial charge in [0, 0.05) is 18.1 Å². The third kappa shape index (κ3) is 4.53. The molecule has 0 bridgehead atoms. The lowest BCUT2D eigenvalue weighted by Gasteiger charge is -2.15. The molecular formula is C14H15Cl2N3O3S. The van der Waals surface area contributed by atoms with Crippen molar-refractivity contribution in [2.75, 3.05) is 12.9 Å². The molecule has 1 unspecified atom stereocenters. The van der Waals surface area contributed by atoms with Crippen molar-refractivity contribution in [3.05, 3.63) is 34.1 Å². The van der Waals surface area contributed by atoms with Gasteiger partial charge in [-0.2, -0.15) is 0 Å². The molecular weight excluding hydrogens is 361 g/mol. The Morgan fingerprint density at radius 2 is 2.13 bits per heavy atom. The second kappa shape index (κ2) is 7.90. The number of carbonyl (C=O) groups excluding carboxylic acids is 1. The first-order valence-corrected chi connectivity index (χ1v) is 8.37. The highest BCUT2D eigenvalue weighted by Crippen LogP contribution is 2.31. The van der Waals surface area contributed by atoms with Gasteiger partial charge in [-0.25, -0.2) is 0 Å². The average molecular weight is 376 g/mol. The quantitative estimate of drug-likeness (QED) is 0.568. The summed E-state index contributed by atoms with van der Waals surface area (Å²) in [6, 6.07) is 5.00. The van der Waals surface area contributed by atoms with E-state index in [9.17, 15) is 4.79 Å². The zero-order chi connectivity index (χ0) is 17.0. The SMILES string of the molecule is COC(=O)CSc1nnc(C(C)Oc2cc(Cl)ccc2Cl)n1C. The van der Waals surface area contributed by atoms with Crippen LogP contribution in [-0.2, 0) is 16.6 Å². The first kappa shape index (κ1) is 17.9. The summed E-state index contributed by atoms with van der Waals surface area (Å²) in [6.07, 6.45) is -0.393. The van der Waals surface area contributed by atoms with Gasteiger partial charge in [-0.15, -0.1) is 10.2 Å². The van der Waals surface area contributed by atoms with E-state index in [2.05, 4.69) is 14.9 Å². The van der Waals surface area contributed by atoms with Crippen molar-refractivity contribution in [3.63, 3.8) is 0 Å². The number of aromatic nitrogens is 3. The lowest BCUT2D eigenvalue weighted by atomic mass is 10.3. The van der Waals surface area contributed by atoms with Gasteiger partial charge in [0.2, 0.25) is 0 Å². The largest absolute Gasteiger partial charge is 0.481 e. The molecule has 0 amide bonds. The van der Waals surface area contributed by atoms with Gasteiger partial charge in [-0.05, 0) is 19.1 Å². The summed E-state index contributed by atoms with van der Waals surface area (Å²) in [5.41, 5.74) is 0. The highest BCUT2D eigenvalue weighted by molar-refractivity contribution is 7.99. The number of carbonyl (C=O) groups is 1. The fourth-order valence-electron chi connectivity index (χ4n) is 1.80. The maximum Gasteiger partial charge on any atom is 0.316 e. The van der Waals surface area contributed by atoms with Gasteiger partial charge in [-0.1, -0.05) is 35.0 Å². The van der Waals surface area contributed by atoms with Crippen LogP contribution >= 0.6 is 35.0 Å². The number of methoxy groups -OCH3 is 1. The van der Waals surface area contributed by atoms with Crippen LogP contribution in [0.2, 0.25) is 10.0 Å². The van der Waals surface area contributed by atoms with Crippen LogP contribution in [0, 0.1) is 0 Å². The van der Waals surface area contributed by atoms with Gasteiger partial charge < -0.3 is 14.0 Å². The van der Waals surface area contributed by atoms with Crippen molar-refractivity contribution in [3.8, 4) is 5.75 Å². The maximum absolute atomic E-state index is 11.2. The minimum absolute atomic E-state index is 0.165. The van der Waals surface area contributed by atoms with Crippen molar-refractivity contribution in [2.24, 2.45) is 7.05 Å². The van der Waals surface area contributed by atoms with E-state index < -0.39 is 6.10 Å². The first-order valence-electron chi connectivity index (χ1n) is 6.63. The molecule has 0 spiro atoms.